The zero-order chi connectivity index (χ0) is 18.0. The van der Waals surface area contributed by atoms with Crippen LogP contribution in [0.1, 0.15) is 35.3 Å². The largest absolute Gasteiger partial charge is 0.497 e. The first-order valence-electron chi connectivity index (χ1n) is 8.79. The monoisotopic (exact) mass is 351 g/mol. The normalized spacial score (nSPS) is 22.0. The maximum Gasteiger partial charge on any atom is 0.272 e. The van der Waals surface area contributed by atoms with Crippen LogP contribution < -0.4 is 4.74 Å². The molecular formula is C20H21N3O3. The zero-order valence-electron chi connectivity index (χ0n) is 14.7. The Morgan fingerprint density at radius 2 is 2.08 bits per heavy atom. The van der Waals surface area contributed by atoms with Crippen LogP contribution in [0.5, 0.6) is 5.75 Å². The van der Waals surface area contributed by atoms with Gasteiger partial charge in [-0.15, -0.1) is 0 Å². The number of likely N-dealkylation sites (tertiary alicyclic amines) is 1. The molecule has 1 fully saturated rings. The quantitative estimate of drug-likeness (QED) is 0.853. The number of oxime groups is 1. The van der Waals surface area contributed by atoms with Gasteiger partial charge < -0.3 is 14.5 Å². The highest BCUT2D eigenvalue weighted by Gasteiger charge is 2.44. The Morgan fingerprint density at radius 3 is 2.81 bits per heavy atom. The first-order chi connectivity index (χ1) is 12.7. The fourth-order valence-corrected chi connectivity index (χ4v) is 3.60. The van der Waals surface area contributed by atoms with Crippen LogP contribution in [0.2, 0.25) is 0 Å². The van der Waals surface area contributed by atoms with E-state index in [-0.39, 0.29) is 5.91 Å². The number of carbonyl (C=O) groups excluding carboxylic acids is 1. The van der Waals surface area contributed by atoms with Gasteiger partial charge in [-0.3, -0.25) is 9.78 Å². The van der Waals surface area contributed by atoms with E-state index in [4.69, 9.17) is 9.57 Å². The minimum Gasteiger partial charge on any atom is -0.497 e. The zero-order valence-corrected chi connectivity index (χ0v) is 14.7. The summed E-state index contributed by atoms with van der Waals surface area (Å²) in [5.74, 6) is 0.763. The van der Waals surface area contributed by atoms with E-state index in [0.29, 0.717) is 18.7 Å². The number of piperidine rings is 1. The van der Waals surface area contributed by atoms with Gasteiger partial charge in [-0.2, -0.15) is 0 Å². The molecule has 4 rings (SSSR count). The molecule has 26 heavy (non-hydrogen) atoms. The molecule has 0 bridgehead atoms. The van der Waals surface area contributed by atoms with E-state index < -0.39 is 5.60 Å². The predicted molar refractivity (Wildman–Crippen MR) is 97.3 cm³/mol. The number of hydrogen-bond acceptors (Lipinski definition) is 5. The third kappa shape index (κ3) is 3.14. The molecule has 3 heterocycles. The molecule has 0 N–H and O–H groups in total. The van der Waals surface area contributed by atoms with Crippen molar-refractivity contribution in [3.05, 3.63) is 59.9 Å². The smallest absolute Gasteiger partial charge is 0.272 e. The van der Waals surface area contributed by atoms with Crippen molar-refractivity contribution < 1.29 is 14.4 Å². The molecule has 1 amide bonds. The Labute approximate surface area is 152 Å². The second-order valence-corrected chi connectivity index (χ2v) is 6.76. The molecule has 0 radical (unpaired) electrons. The number of benzene rings is 1. The average Bonchev–Trinajstić information content (AvgIpc) is 3.11. The Hall–Kier alpha value is -2.89. The summed E-state index contributed by atoms with van der Waals surface area (Å²) in [4.78, 5) is 24.6. The van der Waals surface area contributed by atoms with Gasteiger partial charge in [-0.05, 0) is 54.8 Å². The van der Waals surface area contributed by atoms with E-state index in [9.17, 15) is 4.79 Å². The Bertz CT molecular complexity index is 820. The minimum absolute atomic E-state index is 0.0498. The number of methoxy groups -OCH3 is 1. The number of amides is 1. The number of aromatic nitrogens is 1. The highest BCUT2D eigenvalue weighted by Crippen LogP contribution is 2.35. The molecule has 0 saturated carbocycles. The van der Waals surface area contributed by atoms with Crippen LogP contribution in [-0.4, -0.2) is 47.3 Å². The third-order valence-corrected chi connectivity index (χ3v) is 4.97. The van der Waals surface area contributed by atoms with Gasteiger partial charge in [-0.25, -0.2) is 0 Å². The number of pyridine rings is 1. The van der Waals surface area contributed by atoms with Gasteiger partial charge in [0.15, 0.2) is 5.60 Å². The fraction of sp³-hybridized carbons (Fsp3) is 0.350. The van der Waals surface area contributed by atoms with Crippen molar-refractivity contribution in [1.82, 2.24) is 9.88 Å². The van der Waals surface area contributed by atoms with Crippen molar-refractivity contribution in [1.29, 1.82) is 0 Å². The molecule has 1 aromatic carbocycles. The number of rotatable bonds is 3. The van der Waals surface area contributed by atoms with E-state index in [1.807, 2.05) is 41.3 Å². The highest BCUT2D eigenvalue weighted by atomic mass is 16.7. The maximum atomic E-state index is 12.7. The Kier molecular flexibility index (Phi) is 4.32. The number of nitrogens with zero attached hydrogens (tertiary/aromatic N) is 3. The summed E-state index contributed by atoms with van der Waals surface area (Å²) in [6, 6.07) is 13.2. The first kappa shape index (κ1) is 16.6. The van der Waals surface area contributed by atoms with Gasteiger partial charge in [0, 0.05) is 19.2 Å². The summed E-state index contributed by atoms with van der Waals surface area (Å²) in [6.07, 6.45) is 4.13. The molecule has 6 nitrogen and oxygen atoms in total. The Balaban J connectivity index is 1.47. The average molecular weight is 351 g/mol. The minimum atomic E-state index is -0.433. The first-order valence-corrected chi connectivity index (χ1v) is 8.79. The molecule has 1 spiro atoms. The van der Waals surface area contributed by atoms with Gasteiger partial charge in [0.25, 0.3) is 5.91 Å². The van der Waals surface area contributed by atoms with Crippen molar-refractivity contribution >= 4 is 11.6 Å². The van der Waals surface area contributed by atoms with Crippen LogP contribution in [0.25, 0.3) is 0 Å². The molecule has 134 valence electrons. The number of carbonyl (C=O) groups is 1. The number of ether oxygens (including phenoxy) is 1. The van der Waals surface area contributed by atoms with Crippen molar-refractivity contribution in [2.24, 2.45) is 5.16 Å². The third-order valence-electron chi connectivity index (χ3n) is 4.97. The molecule has 6 heteroatoms. The summed E-state index contributed by atoms with van der Waals surface area (Å²) < 4.78 is 5.20. The molecule has 1 saturated heterocycles. The van der Waals surface area contributed by atoms with Crippen LogP contribution in [0.15, 0.2) is 53.8 Å². The van der Waals surface area contributed by atoms with E-state index in [2.05, 4.69) is 10.1 Å². The van der Waals surface area contributed by atoms with Crippen LogP contribution in [0, 0.1) is 0 Å². The van der Waals surface area contributed by atoms with Crippen molar-refractivity contribution in [3.8, 4) is 5.75 Å². The number of hydrogen-bond donors (Lipinski definition) is 0. The van der Waals surface area contributed by atoms with Gasteiger partial charge in [-0.1, -0.05) is 11.2 Å². The summed E-state index contributed by atoms with van der Waals surface area (Å²) >= 11 is 0. The van der Waals surface area contributed by atoms with E-state index in [0.717, 1.165) is 36.4 Å². The molecular weight excluding hydrogens is 330 g/mol. The van der Waals surface area contributed by atoms with Gasteiger partial charge in [0.2, 0.25) is 0 Å². The Morgan fingerprint density at radius 1 is 1.23 bits per heavy atom. The van der Waals surface area contributed by atoms with E-state index in [1.165, 1.54) is 0 Å². The summed E-state index contributed by atoms with van der Waals surface area (Å²) in [7, 11) is 1.65. The second-order valence-electron chi connectivity index (χ2n) is 6.76. The molecule has 1 unspecified atom stereocenters. The van der Waals surface area contributed by atoms with Crippen LogP contribution in [-0.2, 0) is 4.84 Å². The van der Waals surface area contributed by atoms with Gasteiger partial charge in [0.05, 0.1) is 19.4 Å². The van der Waals surface area contributed by atoms with Gasteiger partial charge in [0.1, 0.15) is 11.4 Å². The highest BCUT2D eigenvalue weighted by molar-refractivity contribution is 6.02. The molecule has 2 aliphatic heterocycles. The van der Waals surface area contributed by atoms with Crippen LogP contribution in [0.3, 0.4) is 0 Å². The maximum absolute atomic E-state index is 12.7. The summed E-state index contributed by atoms with van der Waals surface area (Å²) in [6.45, 7) is 1.25. The van der Waals surface area contributed by atoms with Crippen molar-refractivity contribution in [2.75, 3.05) is 20.2 Å². The fourth-order valence-electron chi connectivity index (χ4n) is 3.60. The van der Waals surface area contributed by atoms with Gasteiger partial charge >= 0.3 is 0 Å². The van der Waals surface area contributed by atoms with Crippen molar-refractivity contribution in [3.63, 3.8) is 0 Å². The van der Waals surface area contributed by atoms with Crippen LogP contribution in [0.4, 0.5) is 0 Å². The second kappa shape index (κ2) is 6.78. The topological polar surface area (TPSA) is 64.0 Å². The lowest BCUT2D eigenvalue weighted by Gasteiger charge is -2.38. The van der Waals surface area contributed by atoms with Crippen LogP contribution >= 0.6 is 0 Å². The molecule has 0 aliphatic carbocycles. The van der Waals surface area contributed by atoms with E-state index >= 15 is 0 Å². The molecule has 1 aromatic heterocycles. The summed E-state index contributed by atoms with van der Waals surface area (Å²) in [5, 5.41) is 4.33. The lowest BCUT2D eigenvalue weighted by molar-refractivity contribution is -0.0619. The molecule has 2 aromatic rings. The standard InChI is InChI=1S/C20H21N3O3/c1-25-16-8-6-15(7-9-16)18-13-20(26-22-18)10-4-12-23(14-20)19(24)17-5-2-3-11-21-17/h2-3,5-9,11H,4,10,12-14H2,1H3. The lowest BCUT2D eigenvalue weighted by Crippen LogP contribution is -2.50. The van der Waals surface area contributed by atoms with Crippen molar-refractivity contribution in [2.45, 2.75) is 24.9 Å². The SMILES string of the molecule is COc1ccc(C2=NOC3(CCCN(C(=O)c4ccccn4)C3)C2)cc1. The van der Waals surface area contributed by atoms with E-state index in [1.54, 1.807) is 19.4 Å². The summed E-state index contributed by atoms with van der Waals surface area (Å²) in [5.41, 5.74) is 1.98. The lowest BCUT2D eigenvalue weighted by atomic mass is 9.86. The predicted octanol–water partition coefficient (Wildman–Crippen LogP) is 2.89. The molecule has 1 atom stereocenters. The molecule has 2 aliphatic rings.